The predicted molar refractivity (Wildman–Crippen MR) is 78.6 cm³/mol. The van der Waals surface area contributed by atoms with E-state index in [1.807, 2.05) is 30.3 Å². The molecular formula is C16H19N3O. The maximum Gasteiger partial charge on any atom is 0.250 e. The van der Waals surface area contributed by atoms with Gasteiger partial charge in [-0.3, -0.25) is 0 Å². The molecule has 0 spiro atoms. The third kappa shape index (κ3) is 2.80. The molecule has 104 valence electrons. The van der Waals surface area contributed by atoms with E-state index in [1.165, 1.54) is 12.0 Å². The van der Waals surface area contributed by atoms with Crippen LogP contribution in [0.4, 0.5) is 0 Å². The summed E-state index contributed by atoms with van der Waals surface area (Å²) in [5.74, 6) is 2.01. The molecule has 1 heterocycles. The van der Waals surface area contributed by atoms with Crippen LogP contribution in [0.3, 0.4) is 0 Å². The van der Waals surface area contributed by atoms with E-state index < -0.39 is 0 Å². The van der Waals surface area contributed by atoms with Crippen molar-refractivity contribution in [3.8, 4) is 11.4 Å². The molecule has 1 atom stereocenters. The maximum atomic E-state index is 5.59. The summed E-state index contributed by atoms with van der Waals surface area (Å²) in [7, 11) is 0. The zero-order chi connectivity index (χ0) is 13.9. The number of hydrogen-bond acceptors (Lipinski definition) is 4. The van der Waals surface area contributed by atoms with E-state index in [0.29, 0.717) is 18.3 Å². The highest BCUT2D eigenvalue weighted by atomic mass is 16.5. The SMILES string of the molecule is CC1CC/C(=C/c2nc(-c3ccc(CN)cc3)no2)C1. The van der Waals surface area contributed by atoms with E-state index >= 15 is 0 Å². The van der Waals surface area contributed by atoms with Gasteiger partial charge in [0.1, 0.15) is 0 Å². The fourth-order valence-corrected chi connectivity index (χ4v) is 2.59. The standard InChI is InChI=1S/C16H19N3O/c1-11-2-3-13(8-11)9-15-18-16(19-20-15)14-6-4-12(10-17)5-7-14/h4-7,9,11H,2-3,8,10,17H2,1H3/b13-9-. The van der Waals surface area contributed by atoms with E-state index in [9.17, 15) is 0 Å². The quantitative estimate of drug-likeness (QED) is 0.927. The number of aromatic nitrogens is 2. The minimum Gasteiger partial charge on any atom is -0.334 e. The van der Waals surface area contributed by atoms with Crippen LogP contribution in [0, 0.1) is 5.92 Å². The molecule has 1 aliphatic carbocycles. The Balaban J connectivity index is 1.79. The Bertz CT molecular complexity index is 613. The van der Waals surface area contributed by atoms with Gasteiger partial charge < -0.3 is 10.3 Å². The van der Waals surface area contributed by atoms with Gasteiger partial charge in [0.15, 0.2) is 0 Å². The number of nitrogens with zero attached hydrogens (tertiary/aromatic N) is 2. The van der Waals surface area contributed by atoms with Crippen LogP contribution in [0.2, 0.25) is 0 Å². The lowest BCUT2D eigenvalue weighted by Crippen LogP contribution is -1.95. The first kappa shape index (κ1) is 13.1. The molecule has 0 amide bonds. The van der Waals surface area contributed by atoms with E-state index in [1.54, 1.807) is 0 Å². The Kier molecular flexibility index (Phi) is 3.65. The molecule has 1 aliphatic rings. The van der Waals surface area contributed by atoms with Crippen molar-refractivity contribution in [2.75, 3.05) is 0 Å². The lowest BCUT2D eigenvalue weighted by molar-refractivity contribution is 0.410. The van der Waals surface area contributed by atoms with Crippen LogP contribution < -0.4 is 5.73 Å². The first-order valence-electron chi connectivity index (χ1n) is 7.07. The summed E-state index contributed by atoms with van der Waals surface area (Å²) in [5.41, 5.74) is 9.05. The Morgan fingerprint density at radius 1 is 1.35 bits per heavy atom. The Morgan fingerprint density at radius 3 is 2.80 bits per heavy atom. The summed E-state index contributed by atoms with van der Waals surface area (Å²) in [6.07, 6.45) is 5.58. The van der Waals surface area contributed by atoms with E-state index in [-0.39, 0.29) is 0 Å². The highest BCUT2D eigenvalue weighted by Crippen LogP contribution is 2.31. The predicted octanol–water partition coefficient (Wildman–Crippen LogP) is 3.40. The van der Waals surface area contributed by atoms with Crippen LogP contribution >= 0.6 is 0 Å². The molecule has 3 rings (SSSR count). The van der Waals surface area contributed by atoms with Crippen molar-refractivity contribution < 1.29 is 4.52 Å². The second kappa shape index (κ2) is 5.59. The second-order valence-electron chi connectivity index (χ2n) is 5.51. The summed E-state index contributed by atoms with van der Waals surface area (Å²) in [6, 6.07) is 7.92. The fraction of sp³-hybridized carbons (Fsp3) is 0.375. The van der Waals surface area contributed by atoms with Crippen LogP contribution in [-0.4, -0.2) is 10.1 Å². The average molecular weight is 269 g/mol. The van der Waals surface area contributed by atoms with Gasteiger partial charge in [0.2, 0.25) is 5.82 Å². The minimum atomic E-state index is 0.544. The van der Waals surface area contributed by atoms with Crippen molar-refractivity contribution in [2.45, 2.75) is 32.7 Å². The van der Waals surface area contributed by atoms with Crippen molar-refractivity contribution in [1.82, 2.24) is 10.1 Å². The monoisotopic (exact) mass is 269 g/mol. The molecule has 20 heavy (non-hydrogen) atoms. The molecule has 2 aromatic rings. The smallest absolute Gasteiger partial charge is 0.250 e. The van der Waals surface area contributed by atoms with Gasteiger partial charge in [-0.1, -0.05) is 41.9 Å². The van der Waals surface area contributed by atoms with E-state index in [4.69, 9.17) is 10.3 Å². The average Bonchev–Trinajstić information content (AvgIpc) is 3.09. The van der Waals surface area contributed by atoms with Crippen molar-refractivity contribution in [2.24, 2.45) is 11.7 Å². The third-order valence-corrected chi connectivity index (χ3v) is 3.79. The molecule has 1 aromatic carbocycles. The first-order chi connectivity index (χ1) is 9.74. The topological polar surface area (TPSA) is 64.9 Å². The fourth-order valence-electron chi connectivity index (χ4n) is 2.59. The Labute approximate surface area is 118 Å². The highest BCUT2D eigenvalue weighted by Gasteiger charge is 2.16. The second-order valence-corrected chi connectivity index (χ2v) is 5.51. The van der Waals surface area contributed by atoms with Gasteiger partial charge in [-0.05, 0) is 30.7 Å². The lowest BCUT2D eigenvalue weighted by Gasteiger charge is -1.97. The number of nitrogens with two attached hydrogens (primary N) is 1. The normalized spacial score (nSPS) is 20.7. The van der Waals surface area contributed by atoms with Crippen molar-refractivity contribution >= 4 is 6.08 Å². The van der Waals surface area contributed by atoms with Gasteiger partial charge in [-0.2, -0.15) is 4.98 Å². The molecule has 0 aliphatic heterocycles. The van der Waals surface area contributed by atoms with Gasteiger partial charge in [0.05, 0.1) is 0 Å². The van der Waals surface area contributed by atoms with Gasteiger partial charge in [0, 0.05) is 18.2 Å². The Hall–Kier alpha value is -1.94. The molecular weight excluding hydrogens is 250 g/mol. The molecule has 0 radical (unpaired) electrons. The Morgan fingerprint density at radius 2 is 2.15 bits per heavy atom. The maximum absolute atomic E-state index is 5.59. The van der Waals surface area contributed by atoms with E-state index in [2.05, 4.69) is 17.1 Å². The zero-order valence-corrected chi connectivity index (χ0v) is 11.7. The third-order valence-electron chi connectivity index (χ3n) is 3.79. The van der Waals surface area contributed by atoms with Crippen LogP contribution in [0.25, 0.3) is 17.5 Å². The van der Waals surface area contributed by atoms with Crippen LogP contribution in [-0.2, 0) is 6.54 Å². The summed E-state index contributed by atoms with van der Waals surface area (Å²) in [5, 5.41) is 4.04. The summed E-state index contributed by atoms with van der Waals surface area (Å²) >= 11 is 0. The molecule has 0 bridgehead atoms. The van der Waals surface area contributed by atoms with Crippen molar-refractivity contribution in [1.29, 1.82) is 0 Å². The van der Waals surface area contributed by atoms with Crippen LogP contribution in [0.1, 0.15) is 37.6 Å². The molecule has 1 fully saturated rings. The van der Waals surface area contributed by atoms with Gasteiger partial charge >= 0.3 is 0 Å². The number of allylic oxidation sites excluding steroid dienone is 1. The number of hydrogen-bond donors (Lipinski definition) is 1. The zero-order valence-electron chi connectivity index (χ0n) is 11.7. The van der Waals surface area contributed by atoms with E-state index in [0.717, 1.165) is 29.9 Å². The number of rotatable bonds is 3. The van der Waals surface area contributed by atoms with Crippen molar-refractivity contribution in [3.63, 3.8) is 0 Å². The molecule has 1 unspecified atom stereocenters. The van der Waals surface area contributed by atoms with Crippen LogP contribution in [0.5, 0.6) is 0 Å². The molecule has 2 N–H and O–H groups in total. The summed E-state index contributed by atoms with van der Waals surface area (Å²) in [4.78, 5) is 4.44. The highest BCUT2D eigenvalue weighted by molar-refractivity contribution is 5.56. The molecule has 1 aromatic heterocycles. The minimum absolute atomic E-state index is 0.544. The molecule has 4 nitrogen and oxygen atoms in total. The number of benzene rings is 1. The van der Waals surface area contributed by atoms with Gasteiger partial charge in [0.25, 0.3) is 5.89 Å². The molecule has 1 saturated carbocycles. The van der Waals surface area contributed by atoms with Crippen LogP contribution in [0.15, 0.2) is 34.4 Å². The largest absolute Gasteiger partial charge is 0.334 e. The van der Waals surface area contributed by atoms with Gasteiger partial charge in [-0.15, -0.1) is 0 Å². The summed E-state index contributed by atoms with van der Waals surface area (Å²) < 4.78 is 5.31. The lowest BCUT2D eigenvalue weighted by atomic mass is 10.1. The van der Waals surface area contributed by atoms with Crippen molar-refractivity contribution in [3.05, 3.63) is 41.3 Å². The first-order valence-corrected chi connectivity index (χ1v) is 7.07. The molecule has 4 heteroatoms. The molecule has 0 saturated heterocycles. The van der Waals surface area contributed by atoms with Gasteiger partial charge in [-0.25, -0.2) is 0 Å². The summed E-state index contributed by atoms with van der Waals surface area (Å²) in [6.45, 7) is 2.82.